The SMILES string of the molecule is C#CCN(CC)C(=O)C1CCC(CCCC)CC1. The number of nitrogens with zero attached hydrogens (tertiary/aromatic N) is 1. The minimum atomic E-state index is 0.233. The second-order valence-electron chi connectivity index (χ2n) is 5.42. The van der Waals surface area contributed by atoms with Gasteiger partial charge in [0.05, 0.1) is 6.54 Å². The lowest BCUT2D eigenvalue weighted by Gasteiger charge is -2.31. The second-order valence-corrected chi connectivity index (χ2v) is 5.42. The molecule has 2 nitrogen and oxygen atoms in total. The molecule has 1 aliphatic rings. The van der Waals surface area contributed by atoms with Gasteiger partial charge >= 0.3 is 0 Å². The Bertz CT molecular complexity index is 284. The molecule has 0 aromatic carbocycles. The summed E-state index contributed by atoms with van der Waals surface area (Å²) >= 11 is 0. The van der Waals surface area contributed by atoms with E-state index in [1.807, 2.05) is 11.8 Å². The van der Waals surface area contributed by atoms with Crippen molar-refractivity contribution in [2.45, 2.75) is 58.8 Å². The summed E-state index contributed by atoms with van der Waals surface area (Å²) in [5.41, 5.74) is 0. The van der Waals surface area contributed by atoms with Gasteiger partial charge in [-0.25, -0.2) is 0 Å². The van der Waals surface area contributed by atoms with Crippen LogP contribution >= 0.6 is 0 Å². The minimum absolute atomic E-state index is 0.233. The van der Waals surface area contributed by atoms with E-state index in [2.05, 4.69) is 12.8 Å². The third kappa shape index (κ3) is 4.37. The van der Waals surface area contributed by atoms with Crippen LogP contribution in [0.15, 0.2) is 0 Å². The van der Waals surface area contributed by atoms with Gasteiger partial charge in [-0.3, -0.25) is 4.79 Å². The zero-order valence-corrected chi connectivity index (χ0v) is 12.0. The van der Waals surface area contributed by atoms with Gasteiger partial charge in [0.15, 0.2) is 0 Å². The van der Waals surface area contributed by atoms with Crippen LogP contribution in [-0.4, -0.2) is 23.9 Å². The Balaban J connectivity index is 2.37. The van der Waals surface area contributed by atoms with Gasteiger partial charge in [0.2, 0.25) is 5.91 Å². The maximum atomic E-state index is 12.3. The van der Waals surface area contributed by atoms with Crippen molar-refractivity contribution in [1.82, 2.24) is 4.90 Å². The number of amides is 1. The van der Waals surface area contributed by atoms with Crippen LogP contribution in [0, 0.1) is 24.2 Å². The number of hydrogen-bond donors (Lipinski definition) is 0. The molecular formula is C16H27NO. The van der Waals surface area contributed by atoms with E-state index in [4.69, 9.17) is 6.42 Å². The molecule has 102 valence electrons. The molecule has 18 heavy (non-hydrogen) atoms. The van der Waals surface area contributed by atoms with Gasteiger partial charge in [-0.15, -0.1) is 6.42 Å². The van der Waals surface area contributed by atoms with Crippen LogP contribution in [0.1, 0.15) is 58.8 Å². The molecule has 0 aromatic heterocycles. The van der Waals surface area contributed by atoms with E-state index in [-0.39, 0.29) is 11.8 Å². The molecule has 1 saturated carbocycles. The first-order valence-electron chi connectivity index (χ1n) is 7.45. The predicted molar refractivity (Wildman–Crippen MR) is 76.1 cm³/mol. The van der Waals surface area contributed by atoms with E-state index in [0.717, 1.165) is 25.3 Å². The molecule has 0 heterocycles. The van der Waals surface area contributed by atoms with Gasteiger partial charge in [0, 0.05) is 12.5 Å². The Hall–Kier alpha value is -0.970. The van der Waals surface area contributed by atoms with Crippen LogP contribution in [0.25, 0.3) is 0 Å². The number of hydrogen-bond acceptors (Lipinski definition) is 1. The lowest BCUT2D eigenvalue weighted by molar-refractivity contribution is -0.136. The van der Waals surface area contributed by atoms with Gasteiger partial charge in [-0.2, -0.15) is 0 Å². The molecule has 1 fully saturated rings. The largest absolute Gasteiger partial charge is 0.332 e. The number of terminal acetylenes is 1. The second kappa shape index (κ2) is 8.19. The molecule has 1 rings (SSSR count). The maximum Gasteiger partial charge on any atom is 0.226 e. The van der Waals surface area contributed by atoms with Crippen LogP contribution in [0.5, 0.6) is 0 Å². The minimum Gasteiger partial charge on any atom is -0.332 e. The Morgan fingerprint density at radius 2 is 1.94 bits per heavy atom. The zero-order valence-electron chi connectivity index (χ0n) is 12.0. The van der Waals surface area contributed by atoms with Crippen molar-refractivity contribution in [3.8, 4) is 12.3 Å². The summed E-state index contributed by atoms with van der Waals surface area (Å²) in [4.78, 5) is 14.1. The Morgan fingerprint density at radius 1 is 1.28 bits per heavy atom. The standard InChI is InChI=1S/C16H27NO/c1-4-7-8-14-9-11-15(12-10-14)16(18)17(6-3)13-5-2/h2,14-15H,4,6-13H2,1,3H3. The van der Waals surface area contributed by atoms with Crippen LogP contribution in [-0.2, 0) is 4.79 Å². The molecule has 0 atom stereocenters. The topological polar surface area (TPSA) is 20.3 Å². The van der Waals surface area contributed by atoms with E-state index in [0.29, 0.717) is 6.54 Å². The lowest BCUT2D eigenvalue weighted by atomic mass is 9.79. The molecule has 0 spiro atoms. The van der Waals surface area contributed by atoms with Crippen LogP contribution in [0.3, 0.4) is 0 Å². The Kier molecular flexibility index (Phi) is 6.86. The highest BCUT2D eigenvalue weighted by Gasteiger charge is 2.28. The fourth-order valence-corrected chi connectivity index (χ4v) is 2.90. The first-order valence-corrected chi connectivity index (χ1v) is 7.45. The van der Waals surface area contributed by atoms with Crippen molar-refractivity contribution < 1.29 is 4.79 Å². The van der Waals surface area contributed by atoms with Crippen LogP contribution in [0.4, 0.5) is 0 Å². The van der Waals surface area contributed by atoms with E-state index in [9.17, 15) is 4.79 Å². The summed E-state index contributed by atoms with van der Waals surface area (Å²) in [5, 5.41) is 0. The average Bonchev–Trinajstić information content (AvgIpc) is 2.42. The Morgan fingerprint density at radius 3 is 2.44 bits per heavy atom. The summed E-state index contributed by atoms with van der Waals surface area (Å²) < 4.78 is 0. The number of rotatable bonds is 6. The molecule has 0 aliphatic heterocycles. The summed E-state index contributed by atoms with van der Waals surface area (Å²) in [6.07, 6.45) is 13.8. The zero-order chi connectivity index (χ0) is 13.4. The smallest absolute Gasteiger partial charge is 0.226 e. The van der Waals surface area contributed by atoms with Crippen molar-refractivity contribution >= 4 is 5.91 Å². The van der Waals surface area contributed by atoms with Gasteiger partial charge in [-0.1, -0.05) is 32.1 Å². The van der Waals surface area contributed by atoms with Gasteiger partial charge in [0.1, 0.15) is 0 Å². The van der Waals surface area contributed by atoms with Crippen molar-refractivity contribution in [2.24, 2.45) is 11.8 Å². The average molecular weight is 249 g/mol. The molecule has 0 bridgehead atoms. The first-order chi connectivity index (χ1) is 8.72. The molecule has 0 radical (unpaired) electrons. The van der Waals surface area contributed by atoms with E-state index in [1.54, 1.807) is 0 Å². The normalized spacial score (nSPS) is 23.4. The third-order valence-electron chi connectivity index (χ3n) is 4.14. The van der Waals surface area contributed by atoms with Crippen LogP contribution < -0.4 is 0 Å². The van der Waals surface area contributed by atoms with Crippen molar-refractivity contribution in [2.75, 3.05) is 13.1 Å². The number of carbonyl (C=O) groups is 1. The summed E-state index contributed by atoms with van der Waals surface area (Å²) in [7, 11) is 0. The van der Waals surface area contributed by atoms with Crippen molar-refractivity contribution in [3.05, 3.63) is 0 Å². The molecule has 1 aliphatic carbocycles. The Labute approximate surface area is 112 Å². The summed E-state index contributed by atoms with van der Waals surface area (Å²) in [5.74, 6) is 3.95. The maximum absolute atomic E-state index is 12.3. The van der Waals surface area contributed by atoms with E-state index in [1.165, 1.54) is 32.1 Å². The fourth-order valence-electron chi connectivity index (χ4n) is 2.90. The van der Waals surface area contributed by atoms with Gasteiger partial charge in [0.25, 0.3) is 0 Å². The fraction of sp³-hybridized carbons (Fsp3) is 0.812. The highest BCUT2D eigenvalue weighted by molar-refractivity contribution is 5.79. The summed E-state index contributed by atoms with van der Waals surface area (Å²) in [6.45, 7) is 5.44. The number of carbonyl (C=O) groups excluding carboxylic acids is 1. The van der Waals surface area contributed by atoms with Crippen molar-refractivity contribution in [3.63, 3.8) is 0 Å². The lowest BCUT2D eigenvalue weighted by Crippen LogP contribution is -2.37. The molecular weight excluding hydrogens is 222 g/mol. The molecule has 0 N–H and O–H groups in total. The van der Waals surface area contributed by atoms with Crippen molar-refractivity contribution in [1.29, 1.82) is 0 Å². The molecule has 0 unspecified atom stereocenters. The highest BCUT2D eigenvalue weighted by Crippen LogP contribution is 2.32. The first kappa shape index (κ1) is 15.1. The predicted octanol–water partition coefficient (Wildman–Crippen LogP) is 3.46. The number of unbranched alkanes of at least 4 members (excludes halogenated alkanes) is 1. The molecule has 0 aromatic rings. The highest BCUT2D eigenvalue weighted by atomic mass is 16.2. The monoisotopic (exact) mass is 249 g/mol. The van der Waals surface area contributed by atoms with Crippen LogP contribution in [0.2, 0.25) is 0 Å². The molecule has 2 heteroatoms. The summed E-state index contributed by atoms with van der Waals surface area (Å²) in [6, 6.07) is 0. The quantitative estimate of drug-likeness (QED) is 0.660. The third-order valence-corrected chi connectivity index (χ3v) is 4.14. The van der Waals surface area contributed by atoms with E-state index < -0.39 is 0 Å². The van der Waals surface area contributed by atoms with Gasteiger partial charge < -0.3 is 4.90 Å². The molecule has 0 saturated heterocycles. The molecule has 1 amide bonds. The van der Waals surface area contributed by atoms with Gasteiger partial charge in [-0.05, 0) is 38.5 Å². The van der Waals surface area contributed by atoms with E-state index >= 15 is 0 Å².